The van der Waals surface area contributed by atoms with E-state index in [1.807, 2.05) is 9.80 Å². The quantitative estimate of drug-likeness (QED) is 0.822. The van der Waals surface area contributed by atoms with Gasteiger partial charge in [0.15, 0.2) is 0 Å². The molecule has 0 radical (unpaired) electrons. The van der Waals surface area contributed by atoms with E-state index in [0.717, 1.165) is 32.2 Å². The summed E-state index contributed by atoms with van der Waals surface area (Å²) in [7, 11) is 0. The lowest BCUT2D eigenvalue weighted by Crippen LogP contribution is -2.50. The Morgan fingerprint density at radius 1 is 1.43 bits per heavy atom. The minimum atomic E-state index is -0.280. The largest absolute Gasteiger partial charge is 0.373 e. The lowest BCUT2D eigenvalue weighted by atomic mass is 9.89. The van der Waals surface area contributed by atoms with Crippen LogP contribution in [0.3, 0.4) is 0 Å². The molecular formula is C16H21N3O3S. The monoisotopic (exact) mass is 335 g/mol. The van der Waals surface area contributed by atoms with Crippen LogP contribution in [0.4, 0.5) is 0 Å². The zero-order valence-corrected chi connectivity index (χ0v) is 13.9. The third kappa shape index (κ3) is 2.76. The topological polar surface area (TPSA) is 62.7 Å². The van der Waals surface area contributed by atoms with E-state index in [-0.39, 0.29) is 23.5 Å². The molecule has 4 rings (SSSR count). The molecule has 0 bridgehead atoms. The van der Waals surface area contributed by atoms with Gasteiger partial charge in [0.1, 0.15) is 5.69 Å². The highest BCUT2D eigenvalue weighted by atomic mass is 32.1. The van der Waals surface area contributed by atoms with E-state index in [0.29, 0.717) is 31.8 Å². The third-order valence-electron chi connectivity index (χ3n) is 5.27. The predicted octanol–water partition coefficient (Wildman–Crippen LogP) is 1.53. The van der Waals surface area contributed by atoms with Gasteiger partial charge in [0, 0.05) is 37.5 Å². The van der Waals surface area contributed by atoms with E-state index in [4.69, 9.17) is 4.74 Å². The zero-order chi connectivity index (χ0) is 15.9. The molecule has 3 aliphatic heterocycles. The summed E-state index contributed by atoms with van der Waals surface area (Å²) >= 11 is 1.44. The molecule has 0 aromatic carbocycles. The molecule has 0 unspecified atom stereocenters. The number of amides is 2. The Balaban J connectivity index is 1.44. The van der Waals surface area contributed by atoms with Crippen molar-refractivity contribution in [3.8, 4) is 0 Å². The van der Waals surface area contributed by atoms with Crippen molar-refractivity contribution in [1.82, 2.24) is 14.8 Å². The van der Waals surface area contributed by atoms with Crippen molar-refractivity contribution in [3.05, 3.63) is 16.6 Å². The molecule has 1 aromatic rings. The first-order valence-electron chi connectivity index (χ1n) is 8.28. The van der Waals surface area contributed by atoms with Gasteiger partial charge in [-0.3, -0.25) is 9.59 Å². The van der Waals surface area contributed by atoms with Gasteiger partial charge in [0.25, 0.3) is 5.91 Å². The van der Waals surface area contributed by atoms with Crippen LogP contribution in [0.2, 0.25) is 0 Å². The van der Waals surface area contributed by atoms with Gasteiger partial charge in [0.05, 0.1) is 17.7 Å². The number of rotatable bonds is 2. The minimum Gasteiger partial charge on any atom is -0.373 e. The third-order valence-corrected chi connectivity index (χ3v) is 5.86. The summed E-state index contributed by atoms with van der Waals surface area (Å²) in [6.07, 6.45) is 4.25. The molecule has 2 amide bonds. The molecule has 7 heteroatoms. The van der Waals surface area contributed by atoms with E-state index in [1.54, 1.807) is 10.9 Å². The van der Waals surface area contributed by atoms with Crippen LogP contribution >= 0.6 is 11.3 Å². The second kappa shape index (κ2) is 5.87. The van der Waals surface area contributed by atoms with Gasteiger partial charge in [-0.25, -0.2) is 4.98 Å². The Kier molecular flexibility index (Phi) is 3.85. The highest BCUT2D eigenvalue weighted by molar-refractivity contribution is 7.07. The lowest BCUT2D eigenvalue weighted by Gasteiger charge is -2.41. The van der Waals surface area contributed by atoms with Crippen LogP contribution in [0, 0.1) is 0 Å². The molecule has 124 valence electrons. The maximum absolute atomic E-state index is 12.5. The Bertz CT molecular complexity index is 606. The van der Waals surface area contributed by atoms with Crippen LogP contribution in [0.5, 0.6) is 0 Å². The fourth-order valence-corrected chi connectivity index (χ4v) is 4.63. The summed E-state index contributed by atoms with van der Waals surface area (Å²) in [5, 5.41) is 1.79. The second-order valence-corrected chi connectivity index (χ2v) is 7.44. The zero-order valence-electron chi connectivity index (χ0n) is 13.1. The molecule has 4 heterocycles. The predicted molar refractivity (Wildman–Crippen MR) is 85.3 cm³/mol. The molecule has 0 N–H and O–H groups in total. The standard InChI is InChI=1S/C16H21N3O3S/c20-14-2-1-5-19(14)12-3-7-22-16(8-12)4-6-18(10-16)15(21)13-9-23-11-17-13/h9,11-12H,1-8,10H2/t12-,16+/m0/s1. The fraction of sp³-hybridized carbons (Fsp3) is 0.688. The first kappa shape index (κ1) is 15.1. The second-order valence-electron chi connectivity index (χ2n) is 6.72. The summed E-state index contributed by atoms with van der Waals surface area (Å²) in [6.45, 7) is 2.87. The van der Waals surface area contributed by atoms with Gasteiger partial charge in [-0.1, -0.05) is 0 Å². The van der Waals surface area contributed by atoms with Crippen molar-refractivity contribution in [2.45, 2.75) is 43.7 Å². The van der Waals surface area contributed by atoms with Crippen molar-refractivity contribution < 1.29 is 14.3 Å². The van der Waals surface area contributed by atoms with Gasteiger partial charge >= 0.3 is 0 Å². The van der Waals surface area contributed by atoms with Crippen LogP contribution in [-0.2, 0) is 9.53 Å². The Morgan fingerprint density at radius 3 is 3.09 bits per heavy atom. The smallest absolute Gasteiger partial charge is 0.273 e. The summed E-state index contributed by atoms with van der Waals surface area (Å²) in [6, 6.07) is 0.271. The molecule has 1 aromatic heterocycles. The van der Waals surface area contributed by atoms with Crippen molar-refractivity contribution in [3.63, 3.8) is 0 Å². The minimum absolute atomic E-state index is 0.00824. The molecule has 23 heavy (non-hydrogen) atoms. The number of likely N-dealkylation sites (tertiary alicyclic amines) is 2. The van der Waals surface area contributed by atoms with Crippen LogP contribution in [-0.4, -0.2) is 64.5 Å². The Morgan fingerprint density at radius 2 is 2.35 bits per heavy atom. The van der Waals surface area contributed by atoms with Gasteiger partial charge in [-0.05, 0) is 25.7 Å². The van der Waals surface area contributed by atoms with E-state index in [2.05, 4.69) is 4.98 Å². The number of nitrogens with zero attached hydrogens (tertiary/aromatic N) is 3. The van der Waals surface area contributed by atoms with Crippen LogP contribution in [0.25, 0.3) is 0 Å². The summed E-state index contributed by atoms with van der Waals surface area (Å²) in [4.78, 5) is 32.5. The number of thiazole rings is 1. The number of carbonyl (C=O) groups is 2. The molecule has 1 spiro atoms. The number of aromatic nitrogens is 1. The highest BCUT2D eigenvalue weighted by Gasteiger charge is 2.47. The van der Waals surface area contributed by atoms with Crippen molar-refractivity contribution in [2.24, 2.45) is 0 Å². The van der Waals surface area contributed by atoms with E-state index in [9.17, 15) is 9.59 Å². The maximum Gasteiger partial charge on any atom is 0.273 e. The van der Waals surface area contributed by atoms with Gasteiger partial charge in [0.2, 0.25) is 5.91 Å². The SMILES string of the molecule is O=C(c1cscn1)N1CC[C@@]2(C[C@@H](N3CCCC3=O)CCO2)C1. The van der Waals surface area contributed by atoms with Gasteiger partial charge in [-0.2, -0.15) is 0 Å². The van der Waals surface area contributed by atoms with Gasteiger partial charge in [-0.15, -0.1) is 11.3 Å². The molecule has 3 aliphatic rings. The van der Waals surface area contributed by atoms with E-state index in [1.165, 1.54) is 11.3 Å². The highest BCUT2D eigenvalue weighted by Crippen LogP contribution is 2.37. The average molecular weight is 335 g/mol. The number of hydrogen-bond acceptors (Lipinski definition) is 5. The van der Waals surface area contributed by atoms with Gasteiger partial charge < -0.3 is 14.5 Å². The maximum atomic E-state index is 12.5. The molecule has 0 saturated carbocycles. The van der Waals surface area contributed by atoms with Crippen LogP contribution in [0.15, 0.2) is 10.9 Å². The Labute approximate surface area is 139 Å². The van der Waals surface area contributed by atoms with E-state index < -0.39 is 0 Å². The molecule has 6 nitrogen and oxygen atoms in total. The van der Waals surface area contributed by atoms with Crippen molar-refractivity contribution >= 4 is 23.2 Å². The normalized spacial score (nSPS) is 31.3. The lowest BCUT2D eigenvalue weighted by molar-refractivity contribution is -0.137. The Hall–Kier alpha value is -1.47. The molecule has 3 fully saturated rings. The van der Waals surface area contributed by atoms with Crippen LogP contribution < -0.4 is 0 Å². The molecule has 3 saturated heterocycles. The first-order valence-corrected chi connectivity index (χ1v) is 9.22. The van der Waals surface area contributed by atoms with Crippen molar-refractivity contribution in [2.75, 3.05) is 26.2 Å². The van der Waals surface area contributed by atoms with E-state index >= 15 is 0 Å². The molecule has 0 aliphatic carbocycles. The summed E-state index contributed by atoms with van der Waals surface area (Å²) < 4.78 is 6.10. The molecule has 2 atom stereocenters. The summed E-state index contributed by atoms with van der Waals surface area (Å²) in [5.41, 5.74) is 1.93. The van der Waals surface area contributed by atoms with Crippen LogP contribution in [0.1, 0.15) is 42.6 Å². The summed E-state index contributed by atoms with van der Waals surface area (Å²) in [5.74, 6) is 0.270. The van der Waals surface area contributed by atoms with Crippen molar-refractivity contribution in [1.29, 1.82) is 0 Å². The fourth-order valence-electron chi connectivity index (χ4n) is 4.11. The number of ether oxygens (including phenoxy) is 1. The number of hydrogen-bond donors (Lipinski definition) is 0. The first-order chi connectivity index (χ1) is 11.2. The molecular weight excluding hydrogens is 314 g/mol. The number of carbonyl (C=O) groups excluding carboxylic acids is 2. The average Bonchev–Trinajstić information content (AvgIpc) is 3.28.